The molecule has 0 unspecified atom stereocenters. The lowest BCUT2D eigenvalue weighted by Crippen LogP contribution is -2.59. The van der Waals surface area contributed by atoms with Gasteiger partial charge in [0.15, 0.2) is 0 Å². The van der Waals surface area contributed by atoms with Crippen LogP contribution in [0.25, 0.3) is 11.3 Å². The van der Waals surface area contributed by atoms with E-state index >= 15 is 0 Å². The number of rotatable bonds is 6. The van der Waals surface area contributed by atoms with Gasteiger partial charge in [0, 0.05) is 43.0 Å². The first-order valence-electron chi connectivity index (χ1n) is 10.4. The van der Waals surface area contributed by atoms with Gasteiger partial charge in [-0.1, -0.05) is 30.2 Å². The van der Waals surface area contributed by atoms with E-state index in [1.54, 1.807) is 0 Å². The van der Waals surface area contributed by atoms with Crippen molar-refractivity contribution in [3.8, 4) is 11.3 Å². The minimum atomic E-state index is 0.256. The smallest absolute Gasteiger partial charge is 0.0695 e. The summed E-state index contributed by atoms with van der Waals surface area (Å²) >= 11 is 0. The van der Waals surface area contributed by atoms with Crippen LogP contribution in [-0.2, 0) is 11.3 Å². The molecule has 0 radical (unpaired) electrons. The van der Waals surface area contributed by atoms with E-state index in [0.717, 1.165) is 44.8 Å². The van der Waals surface area contributed by atoms with Crippen molar-refractivity contribution in [2.75, 3.05) is 32.8 Å². The molecule has 5 heteroatoms. The van der Waals surface area contributed by atoms with Crippen molar-refractivity contribution in [3.63, 3.8) is 0 Å². The first kappa shape index (κ1) is 18.7. The summed E-state index contributed by atoms with van der Waals surface area (Å²) in [5.74, 6) is 0. The maximum atomic E-state index is 5.69. The number of likely N-dealkylation sites (tertiary alicyclic amines) is 1. The molecule has 0 atom stereocenters. The van der Waals surface area contributed by atoms with Gasteiger partial charge in [0.2, 0.25) is 0 Å². The Bertz CT molecular complexity index is 729. The Hall–Kier alpha value is -1.69. The number of piperidine rings is 1. The third-order valence-electron chi connectivity index (χ3n) is 6.24. The number of aromatic nitrogens is 2. The van der Waals surface area contributed by atoms with Crippen LogP contribution in [0.15, 0.2) is 30.5 Å². The Morgan fingerprint density at radius 2 is 2.00 bits per heavy atom. The van der Waals surface area contributed by atoms with Crippen LogP contribution >= 0.6 is 0 Å². The zero-order valence-corrected chi connectivity index (χ0v) is 16.5. The number of hydrogen-bond donors (Lipinski definition) is 2. The van der Waals surface area contributed by atoms with E-state index in [9.17, 15) is 0 Å². The van der Waals surface area contributed by atoms with Gasteiger partial charge in [0.25, 0.3) is 0 Å². The van der Waals surface area contributed by atoms with Crippen molar-refractivity contribution >= 4 is 0 Å². The van der Waals surface area contributed by atoms with E-state index in [0.29, 0.717) is 0 Å². The summed E-state index contributed by atoms with van der Waals surface area (Å²) in [5.41, 5.74) is 5.10. The second-order valence-corrected chi connectivity index (χ2v) is 8.13. The average molecular weight is 369 g/mol. The second-order valence-electron chi connectivity index (χ2n) is 8.13. The number of H-pyrrole nitrogens is 1. The largest absolute Gasteiger partial charge is 0.381 e. The summed E-state index contributed by atoms with van der Waals surface area (Å²) in [4.78, 5) is 2.74. The van der Waals surface area contributed by atoms with Crippen LogP contribution in [-0.4, -0.2) is 53.5 Å². The first-order valence-corrected chi connectivity index (χ1v) is 10.4. The summed E-state index contributed by atoms with van der Waals surface area (Å²) in [7, 11) is 0. The summed E-state index contributed by atoms with van der Waals surface area (Å²) in [6.45, 7) is 8.25. The Kier molecular flexibility index (Phi) is 5.91. The van der Waals surface area contributed by atoms with Gasteiger partial charge in [-0.2, -0.15) is 5.10 Å². The molecule has 27 heavy (non-hydrogen) atoms. The van der Waals surface area contributed by atoms with E-state index in [1.807, 2.05) is 6.20 Å². The predicted octanol–water partition coefficient (Wildman–Crippen LogP) is 3.51. The number of ether oxygens (including phenoxy) is 1. The number of aryl methyl sites for hydroxylation is 1. The highest BCUT2D eigenvalue weighted by Crippen LogP contribution is 2.30. The first-order chi connectivity index (χ1) is 13.3. The summed E-state index contributed by atoms with van der Waals surface area (Å²) in [5, 5.41) is 11.3. The average Bonchev–Trinajstić information content (AvgIpc) is 3.18. The van der Waals surface area contributed by atoms with Gasteiger partial charge in [-0.25, -0.2) is 0 Å². The van der Waals surface area contributed by atoms with Crippen molar-refractivity contribution in [2.45, 2.75) is 51.1 Å². The molecule has 2 aromatic rings. The molecule has 4 rings (SSSR count). The Balaban J connectivity index is 1.43. The summed E-state index contributed by atoms with van der Waals surface area (Å²) < 4.78 is 5.69. The van der Waals surface area contributed by atoms with Crippen molar-refractivity contribution in [1.29, 1.82) is 0 Å². The fraction of sp³-hybridized carbons (Fsp3) is 0.591. The zero-order valence-electron chi connectivity index (χ0n) is 16.5. The summed E-state index contributed by atoms with van der Waals surface area (Å²) in [6.07, 6.45) is 8.28. The molecule has 0 saturated carbocycles. The van der Waals surface area contributed by atoms with Gasteiger partial charge in [0.05, 0.1) is 11.9 Å². The SMILES string of the molecule is Cc1cccc(-c2[nH]ncc2CNCC2(N3CCCCC3)CCOCC2)c1. The molecule has 3 heterocycles. The third-order valence-corrected chi connectivity index (χ3v) is 6.24. The lowest BCUT2D eigenvalue weighted by atomic mass is 9.86. The van der Waals surface area contributed by atoms with E-state index in [-0.39, 0.29) is 5.54 Å². The minimum absolute atomic E-state index is 0.256. The maximum Gasteiger partial charge on any atom is 0.0695 e. The van der Waals surface area contributed by atoms with E-state index in [2.05, 4.69) is 51.6 Å². The van der Waals surface area contributed by atoms with Crippen LogP contribution in [0.3, 0.4) is 0 Å². The van der Waals surface area contributed by atoms with E-state index < -0.39 is 0 Å². The van der Waals surface area contributed by atoms with Crippen LogP contribution in [0.1, 0.15) is 43.2 Å². The van der Waals surface area contributed by atoms with Gasteiger partial charge in [-0.3, -0.25) is 10.00 Å². The number of nitrogens with zero attached hydrogens (tertiary/aromatic N) is 2. The molecule has 2 N–H and O–H groups in total. The molecule has 146 valence electrons. The van der Waals surface area contributed by atoms with Crippen LogP contribution in [0.4, 0.5) is 0 Å². The van der Waals surface area contributed by atoms with Gasteiger partial charge in [-0.05, 0) is 51.8 Å². The lowest BCUT2D eigenvalue weighted by Gasteiger charge is -2.48. The standard InChI is InChI=1S/C22H32N4O/c1-18-6-5-7-19(14-18)21-20(16-24-25-21)15-23-17-22(8-12-27-13-9-22)26-10-3-2-4-11-26/h5-7,14,16,23H,2-4,8-13,15,17H2,1H3,(H,24,25). The second kappa shape index (κ2) is 8.55. The molecule has 0 amide bonds. The molecule has 0 aliphatic carbocycles. The molecule has 2 aliphatic heterocycles. The zero-order chi connectivity index (χ0) is 18.5. The van der Waals surface area contributed by atoms with Crippen molar-refractivity contribution < 1.29 is 4.74 Å². The molecule has 2 aliphatic rings. The molecule has 5 nitrogen and oxygen atoms in total. The highest BCUT2D eigenvalue weighted by atomic mass is 16.5. The molecule has 2 saturated heterocycles. The fourth-order valence-corrected chi connectivity index (χ4v) is 4.65. The number of nitrogens with one attached hydrogen (secondary N) is 2. The third kappa shape index (κ3) is 4.26. The Labute approximate surface area is 162 Å². The Morgan fingerprint density at radius 1 is 1.19 bits per heavy atom. The van der Waals surface area contributed by atoms with Crippen LogP contribution in [0.2, 0.25) is 0 Å². The number of benzene rings is 1. The van der Waals surface area contributed by atoms with Crippen molar-refractivity contribution in [1.82, 2.24) is 20.4 Å². The molecule has 0 spiro atoms. The van der Waals surface area contributed by atoms with E-state index in [1.165, 1.54) is 49.0 Å². The quantitative estimate of drug-likeness (QED) is 0.819. The topological polar surface area (TPSA) is 53.2 Å². The molecule has 1 aromatic carbocycles. The fourth-order valence-electron chi connectivity index (χ4n) is 4.65. The van der Waals surface area contributed by atoms with Gasteiger partial charge >= 0.3 is 0 Å². The van der Waals surface area contributed by atoms with Crippen molar-refractivity contribution in [2.24, 2.45) is 0 Å². The molecular weight excluding hydrogens is 336 g/mol. The molecule has 2 fully saturated rings. The van der Waals surface area contributed by atoms with Crippen LogP contribution < -0.4 is 5.32 Å². The lowest BCUT2D eigenvalue weighted by molar-refractivity contribution is -0.0358. The van der Waals surface area contributed by atoms with Gasteiger partial charge < -0.3 is 10.1 Å². The number of hydrogen-bond acceptors (Lipinski definition) is 4. The monoisotopic (exact) mass is 368 g/mol. The predicted molar refractivity (Wildman–Crippen MR) is 109 cm³/mol. The number of aromatic amines is 1. The van der Waals surface area contributed by atoms with Gasteiger partial charge in [0.1, 0.15) is 0 Å². The maximum absolute atomic E-state index is 5.69. The van der Waals surface area contributed by atoms with Crippen LogP contribution in [0, 0.1) is 6.92 Å². The normalized spacial score (nSPS) is 20.6. The van der Waals surface area contributed by atoms with E-state index in [4.69, 9.17) is 4.74 Å². The van der Waals surface area contributed by atoms with Gasteiger partial charge in [-0.15, -0.1) is 0 Å². The molecular formula is C22H32N4O. The molecule has 1 aromatic heterocycles. The Morgan fingerprint density at radius 3 is 2.78 bits per heavy atom. The van der Waals surface area contributed by atoms with Crippen LogP contribution in [0.5, 0.6) is 0 Å². The van der Waals surface area contributed by atoms with Crippen molar-refractivity contribution in [3.05, 3.63) is 41.6 Å². The highest BCUT2D eigenvalue weighted by Gasteiger charge is 2.38. The highest BCUT2D eigenvalue weighted by molar-refractivity contribution is 5.63. The molecule has 0 bridgehead atoms. The minimum Gasteiger partial charge on any atom is -0.381 e. The summed E-state index contributed by atoms with van der Waals surface area (Å²) in [6, 6.07) is 8.60.